The lowest BCUT2D eigenvalue weighted by Crippen LogP contribution is -2.21. The SMILES string of the molecule is CCCn1nccc1C(N)CSC(C)(C)C. The summed E-state index contributed by atoms with van der Waals surface area (Å²) in [5.41, 5.74) is 7.35. The molecule has 16 heavy (non-hydrogen) atoms. The molecular formula is C12H23N3S. The standard InChI is InChI=1S/C12H23N3S/c1-5-8-15-11(6-7-14-15)10(13)9-16-12(2,3)4/h6-7,10H,5,8-9,13H2,1-4H3. The van der Waals surface area contributed by atoms with E-state index < -0.39 is 0 Å². The van der Waals surface area contributed by atoms with Gasteiger partial charge < -0.3 is 5.73 Å². The molecule has 0 aliphatic rings. The van der Waals surface area contributed by atoms with Crippen LogP contribution in [0, 0.1) is 0 Å². The van der Waals surface area contributed by atoms with E-state index >= 15 is 0 Å². The topological polar surface area (TPSA) is 43.8 Å². The largest absolute Gasteiger partial charge is 0.322 e. The summed E-state index contributed by atoms with van der Waals surface area (Å²) in [6.07, 6.45) is 2.93. The second-order valence-electron chi connectivity index (χ2n) is 5.01. The van der Waals surface area contributed by atoms with E-state index in [4.69, 9.17) is 5.73 Å². The maximum Gasteiger partial charge on any atom is 0.0559 e. The lowest BCUT2D eigenvalue weighted by molar-refractivity contribution is 0.553. The van der Waals surface area contributed by atoms with Crippen molar-refractivity contribution in [2.45, 2.75) is 51.4 Å². The van der Waals surface area contributed by atoms with Gasteiger partial charge in [0.15, 0.2) is 0 Å². The van der Waals surface area contributed by atoms with Crippen LogP contribution in [0.5, 0.6) is 0 Å². The highest BCUT2D eigenvalue weighted by atomic mass is 32.2. The minimum atomic E-state index is 0.0817. The number of nitrogens with zero attached hydrogens (tertiary/aromatic N) is 2. The molecule has 1 aromatic rings. The van der Waals surface area contributed by atoms with Gasteiger partial charge in [0, 0.05) is 23.2 Å². The third kappa shape index (κ3) is 4.18. The van der Waals surface area contributed by atoms with E-state index in [-0.39, 0.29) is 10.8 Å². The van der Waals surface area contributed by atoms with Gasteiger partial charge in [0.2, 0.25) is 0 Å². The second kappa shape index (κ2) is 5.73. The lowest BCUT2D eigenvalue weighted by atomic mass is 10.2. The van der Waals surface area contributed by atoms with Crippen molar-refractivity contribution < 1.29 is 0 Å². The summed E-state index contributed by atoms with van der Waals surface area (Å²) in [6, 6.07) is 2.11. The molecule has 92 valence electrons. The number of nitrogens with two attached hydrogens (primary N) is 1. The molecule has 3 nitrogen and oxygen atoms in total. The van der Waals surface area contributed by atoms with Crippen LogP contribution in [0.25, 0.3) is 0 Å². The smallest absolute Gasteiger partial charge is 0.0559 e. The van der Waals surface area contributed by atoms with Crippen LogP contribution in [-0.4, -0.2) is 20.3 Å². The summed E-state index contributed by atoms with van der Waals surface area (Å²) in [5, 5.41) is 4.30. The molecule has 0 radical (unpaired) electrons. The monoisotopic (exact) mass is 241 g/mol. The minimum absolute atomic E-state index is 0.0817. The molecule has 1 rings (SSSR count). The van der Waals surface area contributed by atoms with E-state index in [0.717, 1.165) is 24.4 Å². The summed E-state index contributed by atoms with van der Waals surface area (Å²) < 4.78 is 2.29. The molecule has 0 aromatic carbocycles. The number of hydrogen-bond acceptors (Lipinski definition) is 3. The van der Waals surface area contributed by atoms with Gasteiger partial charge in [0.25, 0.3) is 0 Å². The van der Waals surface area contributed by atoms with Gasteiger partial charge in [-0.25, -0.2) is 0 Å². The van der Waals surface area contributed by atoms with Gasteiger partial charge in [-0.05, 0) is 12.5 Å². The van der Waals surface area contributed by atoms with Crippen molar-refractivity contribution in [3.63, 3.8) is 0 Å². The van der Waals surface area contributed by atoms with Gasteiger partial charge in [0.1, 0.15) is 0 Å². The first-order chi connectivity index (χ1) is 7.44. The van der Waals surface area contributed by atoms with E-state index in [1.165, 1.54) is 0 Å². The van der Waals surface area contributed by atoms with Crippen LogP contribution in [0.2, 0.25) is 0 Å². The van der Waals surface area contributed by atoms with Crippen molar-refractivity contribution >= 4 is 11.8 Å². The van der Waals surface area contributed by atoms with Crippen molar-refractivity contribution in [3.8, 4) is 0 Å². The zero-order valence-electron chi connectivity index (χ0n) is 10.7. The molecule has 1 heterocycles. The molecule has 0 aliphatic carbocycles. The Morgan fingerprint density at radius 2 is 2.19 bits per heavy atom. The fourth-order valence-corrected chi connectivity index (χ4v) is 2.33. The number of aryl methyl sites for hydroxylation is 1. The first kappa shape index (κ1) is 13.6. The Hall–Kier alpha value is -0.480. The third-order valence-corrected chi connectivity index (χ3v) is 3.65. The highest BCUT2D eigenvalue weighted by Crippen LogP contribution is 2.27. The predicted molar refractivity (Wildman–Crippen MR) is 71.7 cm³/mol. The Morgan fingerprint density at radius 3 is 2.75 bits per heavy atom. The van der Waals surface area contributed by atoms with E-state index in [1.54, 1.807) is 0 Å². The molecule has 0 spiro atoms. The first-order valence-electron chi connectivity index (χ1n) is 5.85. The van der Waals surface area contributed by atoms with Gasteiger partial charge >= 0.3 is 0 Å². The summed E-state index contributed by atoms with van der Waals surface area (Å²) >= 11 is 1.90. The average Bonchev–Trinajstić information content (AvgIpc) is 2.62. The Kier molecular flexibility index (Phi) is 4.87. The normalized spacial score (nSPS) is 14.1. The highest BCUT2D eigenvalue weighted by molar-refractivity contribution is 8.00. The third-order valence-electron chi connectivity index (χ3n) is 2.26. The quantitative estimate of drug-likeness (QED) is 0.862. The van der Waals surface area contributed by atoms with Crippen LogP contribution >= 0.6 is 11.8 Å². The highest BCUT2D eigenvalue weighted by Gasteiger charge is 2.16. The van der Waals surface area contributed by atoms with Crippen LogP contribution in [0.3, 0.4) is 0 Å². The Balaban J connectivity index is 2.58. The molecule has 0 saturated heterocycles. The molecule has 0 fully saturated rings. The van der Waals surface area contributed by atoms with Crippen LogP contribution in [0.4, 0.5) is 0 Å². The minimum Gasteiger partial charge on any atom is -0.322 e. The van der Waals surface area contributed by atoms with Crippen LogP contribution < -0.4 is 5.73 Å². The molecule has 0 bridgehead atoms. The fraction of sp³-hybridized carbons (Fsp3) is 0.750. The van der Waals surface area contributed by atoms with Gasteiger partial charge in [-0.15, -0.1) is 0 Å². The van der Waals surface area contributed by atoms with Gasteiger partial charge in [-0.3, -0.25) is 4.68 Å². The number of thioether (sulfide) groups is 1. The van der Waals surface area contributed by atoms with Crippen LogP contribution in [0.15, 0.2) is 12.3 Å². The number of rotatable bonds is 5. The molecule has 1 aromatic heterocycles. The van der Waals surface area contributed by atoms with Crippen molar-refractivity contribution in [2.24, 2.45) is 5.73 Å². The van der Waals surface area contributed by atoms with E-state index in [0.29, 0.717) is 0 Å². The molecule has 4 heteroatoms. The summed E-state index contributed by atoms with van der Waals surface area (Å²) in [5.74, 6) is 0.943. The summed E-state index contributed by atoms with van der Waals surface area (Å²) in [7, 11) is 0. The van der Waals surface area contributed by atoms with Crippen molar-refractivity contribution in [2.75, 3.05) is 5.75 Å². The molecule has 2 N–H and O–H groups in total. The summed E-state index contributed by atoms with van der Waals surface area (Å²) in [6.45, 7) is 9.76. The Bertz CT molecular complexity index is 314. The van der Waals surface area contributed by atoms with Crippen molar-refractivity contribution in [1.82, 2.24) is 9.78 Å². The van der Waals surface area contributed by atoms with Gasteiger partial charge in [-0.2, -0.15) is 16.9 Å². The number of aromatic nitrogens is 2. The molecule has 0 aliphatic heterocycles. The lowest BCUT2D eigenvalue weighted by Gasteiger charge is -2.21. The van der Waals surface area contributed by atoms with E-state index in [1.807, 2.05) is 28.7 Å². The van der Waals surface area contributed by atoms with Crippen molar-refractivity contribution in [1.29, 1.82) is 0 Å². The van der Waals surface area contributed by atoms with Crippen molar-refractivity contribution in [3.05, 3.63) is 18.0 Å². The van der Waals surface area contributed by atoms with Crippen LogP contribution in [-0.2, 0) is 6.54 Å². The van der Waals surface area contributed by atoms with Gasteiger partial charge in [-0.1, -0.05) is 27.7 Å². The zero-order valence-corrected chi connectivity index (χ0v) is 11.5. The fourth-order valence-electron chi connectivity index (χ4n) is 1.48. The zero-order chi connectivity index (χ0) is 12.2. The molecule has 0 amide bonds. The Morgan fingerprint density at radius 1 is 1.50 bits per heavy atom. The predicted octanol–water partition coefficient (Wildman–Crippen LogP) is 2.82. The average molecular weight is 241 g/mol. The molecular weight excluding hydrogens is 218 g/mol. The Labute approximate surface area is 103 Å². The maximum atomic E-state index is 6.20. The molecule has 0 saturated carbocycles. The molecule has 1 unspecified atom stereocenters. The molecule has 1 atom stereocenters. The van der Waals surface area contributed by atoms with Gasteiger partial charge in [0.05, 0.1) is 11.7 Å². The van der Waals surface area contributed by atoms with Crippen LogP contribution in [0.1, 0.15) is 45.9 Å². The van der Waals surface area contributed by atoms with E-state index in [2.05, 4.69) is 32.8 Å². The maximum absolute atomic E-state index is 6.20. The van der Waals surface area contributed by atoms with E-state index in [9.17, 15) is 0 Å². The first-order valence-corrected chi connectivity index (χ1v) is 6.84. The number of hydrogen-bond donors (Lipinski definition) is 1. The summed E-state index contributed by atoms with van der Waals surface area (Å²) in [4.78, 5) is 0. The second-order valence-corrected chi connectivity index (χ2v) is 6.86.